The maximum Gasteiger partial charge on any atom is 0.120 e. The summed E-state index contributed by atoms with van der Waals surface area (Å²) in [6.45, 7) is 4.99. The Kier molecular flexibility index (Phi) is 4.00. The molecule has 110 valence electrons. The van der Waals surface area contributed by atoms with Gasteiger partial charge < -0.3 is 15.3 Å². The number of phenols is 1. The van der Waals surface area contributed by atoms with Crippen LogP contribution in [0.25, 0.3) is 0 Å². The van der Waals surface area contributed by atoms with E-state index in [1.54, 1.807) is 6.07 Å². The fraction of sp³-hybridized carbons (Fsp3) is 0.333. The minimum Gasteiger partial charge on any atom is -0.508 e. The number of nitrogens with zero attached hydrogens (tertiary/aromatic N) is 1. The van der Waals surface area contributed by atoms with Crippen molar-refractivity contribution in [3.05, 3.63) is 53.6 Å². The molecule has 0 aromatic heterocycles. The fourth-order valence-corrected chi connectivity index (χ4v) is 2.84. The Labute approximate surface area is 126 Å². The smallest absolute Gasteiger partial charge is 0.120 e. The van der Waals surface area contributed by atoms with Crippen LogP contribution in [0.2, 0.25) is 0 Å². The lowest BCUT2D eigenvalue weighted by Crippen LogP contribution is -2.19. The van der Waals surface area contributed by atoms with Crippen LogP contribution in [0, 0.1) is 6.92 Å². The summed E-state index contributed by atoms with van der Waals surface area (Å²) in [5, 5.41) is 13.2. The summed E-state index contributed by atoms with van der Waals surface area (Å²) in [4.78, 5) is 2.46. The second-order valence-electron chi connectivity index (χ2n) is 5.68. The van der Waals surface area contributed by atoms with Gasteiger partial charge in [-0.1, -0.05) is 24.3 Å². The van der Waals surface area contributed by atoms with Crippen molar-refractivity contribution in [2.75, 3.05) is 23.3 Å². The van der Waals surface area contributed by atoms with Crippen LogP contribution in [0.15, 0.2) is 42.5 Å². The molecule has 1 saturated heterocycles. The molecule has 1 aliphatic rings. The van der Waals surface area contributed by atoms with Gasteiger partial charge in [-0.05, 0) is 43.0 Å². The number of hydrogen-bond donors (Lipinski definition) is 2. The number of aromatic hydroxyl groups is 1. The lowest BCUT2D eigenvalue weighted by Gasteiger charge is -2.21. The maximum absolute atomic E-state index is 9.78. The van der Waals surface area contributed by atoms with E-state index in [1.807, 2.05) is 19.1 Å². The van der Waals surface area contributed by atoms with Gasteiger partial charge in [0.05, 0.1) is 0 Å². The molecule has 3 rings (SSSR count). The van der Waals surface area contributed by atoms with Gasteiger partial charge in [0.1, 0.15) is 5.75 Å². The van der Waals surface area contributed by atoms with Crippen LogP contribution in [-0.2, 0) is 6.54 Å². The van der Waals surface area contributed by atoms with E-state index in [2.05, 4.69) is 34.5 Å². The van der Waals surface area contributed by atoms with E-state index in [-0.39, 0.29) is 0 Å². The second kappa shape index (κ2) is 6.08. The number of rotatable bonds is 4. The lowest BCUT2D eigenvalue weighted by molar-refractivity contribution is 0.471. The summed E-state index contributed by atoms with van der Waals surface area (Å²) in [6.07, 6.45) is 2.57. The highest BCUT2D eigenvalue weighted by Gasteiger charge is 2.15. The van der Waals surface area contributed by atoms with Crippen LogP contribution in [-0.4, -0.2) is 18.2 Å². The van der Waals surface area contributed by atoms with Gasteiger partial charge in [0.25, 0.3) is 0 Å². The average Bonchev–Trinajstić information content (AvgIpc) is 3.03. The van der Waals surface area contributed by atoms with Gasteiger partial charge in [-0.25, -0.2) is 0 Å². The zero-order chi connectivity index (χ0) is 14.7. The van der Waals surface area contributed by atoms with Crippen molar-refractivity contribution in [2.24, 2.45) is 0 Å². The van der Waals surface area contributed by atoms with Gasteiger partial charge in [-0.3, -0.25) is 0 Å². The summed E-state index contributed by atoms with van der Waals surface area (Å²) >= 11 is 0. The molecule has 0 amide bonds. The zero-order valence-electron chi connectivity index (χ0n) is 12.5. The second-order valence-corrected chi connectivity index (χ2v) is 5.68. The summed E-state index contributed by atoms with van der Waals surface area (Å²) in [6, 6.07) is 14.3. The third-order valence-corrected chi connectivity index (χ3v) is 4.13. The van der Waals surface area contributed by atoms with Crippen molar-refractivity contribution >= 4 is 11.4 Å². The van der Waals surface area contributed by atoms with E-state index in [1.165, 1.54) is 24.1 Å². The molecular formula is C18H22N2O. The highest BCUT2D eigenvalue weighted by atomic mass is 16.3. The van der Waals surface area contributed by atoms with Crippen molar-refractivity contribution in [2.45, 2.75) is 26.3 Å². The van der Waals surface area contributed by atoms with Crippen LogP contribution >= 0.6 is 0 Å². The minimum absolute atomic E-state index is 0.341. The highest BCUT2D eigenvalue weighted by molar-refractivity contribution is 5.57. The van der Waals surface area contributed by atoms with Crippen molar-refractivity contribution in [1.82, 2.24) is 0 Å². The van der Waals surface area contributed by atoms with Gasteiger partial charge in [-0.2, -0.15) is 0 Å². The topological polar surface area (TPSA) is 35.5 Å². The Morgan fingerprint density at radius 3 is 2.62 bits per heavy atom. The SMILES string of the molecule is Cc1ccc(NCc2ccccc2N2CCCC2)cc1O. The predicted octanol–water partition coefficient (Wildman–Crippen LogP) is 3.91. The van der Waals surface area contributed by atoms with Gasteiger partial charge in [0.15, 0.2) is 0 Å². The first-order chi connectivity index (χ1) is 10.2. The number of benzene rings is 2. The molecule has 1 fully saturated rings. The first-order valence-corrected chi connectivity index (χ1v) is 7.60. The van der Waals surface area contributed by atoms with Gasteiger partial charge in [0, 0.05) is 37.1 Å². The van der Waals surface area contributed by atoms with E-state index < -0.39 is 0 Å². The highest BCUT2D eigenvalue weighted by Crippen LogP contribution is 2.26. The molecule has 21 heavy (non-hydrogen) atoms. The van der Waals surface area contributed by atoms with E-state index >= 15 is 0 Å². The van der Waals surface area contributed by atoms with Crippen LogP contribution in [0.4, 0.5) is 11.4 Å². The van der Waals surface area contributed by atoms with Crippen molar-refractivity contribution in [1.29, 1.82) is 0 Å². The number of anilines is 2. The number of phenolic OH excluding ortho intramolecular Hbond substituents is 1. The van der Waals surface area contributed by atoms with E-state index in [4.69, 9.17) is 0 Å². The molecule has 0 spiro atoms. The van der Waals surface area contributed by atoms with E-state index in [0.29, 0.717) is 5.75 Å². The van der Waals surface area contributed by atoms with Crippen LogP contribution < -0.4 is 10.2 Å². The Hall–Kier alpha value is -2.16. The molecule has 0 aliphatic carbocycles. The molecule has 2 aromatic carbocycles. The summed E-state index contributed by atoms with van der Waals surface area (Å²) in [5.41, 5.74) is 4.49. The quantitative estimate of drug-likeness (QED) is 0.892. The third-order valence-electron chi connectivity index (χ3n) is 4.13. The molecule has 1 heterocycles. The van der Waals surface area contributed by atoms with Crippen molar-refractivity contribution < 1.29 is 5.11 Å². The average molecular weight is 282 g/mol. The molecule has 0 bridgehead atoms. The number of para-hydroxylation sites is 1. The Morgan fingerprint density at radius 1 is 1.10 bits per heavy atom. The summed E-state index contributed by atoms with van der Waals surface area (Å²) in [7, 11) is 0. The molecule has 3 nitrogen and oxygen atoms in total. The van der Waals surface area contributed by atoms with Crippen LogP contribution in [0.5, 0.6) is 5.75 Å². The van der Waals surface area contributed by atoms with Gasteiger partial charge in [0.2, 0.25) is 0 Å². The summed E-state index contributed by atoms with van der Waals surface area (Å²) in [5.74, 6) is 0.341. The molecule has 0 saturated carbocycles. The monoisotopic (exact) mass is 282 g/mol. The first-order valence-electron chi connectivity index (χ1n) is 7.60. The van der Waals surface area contributed by atoms with E-state index in [9.17, 15) is 5.11 Å². The summed E-state index contributed by atoms with van der Waals surface area (Å²) < 4.78 is 0. The first kappa shape index (κ1) is 13.8. The predicted molar refractivity (Wildman–Crippen MR) is 88.1 cm³/mol. The zero-order valence-corrected chi connectivity index (χ0v) is 12.5. The normalized spacial score (nSPS) is 14.4. The third kappa shape index (κ3) is 3.13. The number of nitrogens with one attached hydrogen (secondary N) is 1. The molecule has 0 atom stereocenters. The molecule has 0 unspecified atom stereocenters. The Bertz CT molecular complexity index is 618. The molecular weight excluding hydrogens is 260 g/mol. The molecule has 2 aromatic rings. The van der Waals surface area contributed by atoms with Crippen molar-refractivity contribution in [3.8, 4) is 5.75 Å². The standard InChI is InChI=1S/C18H22N2O/c1-14-8-9-16(12-18(14)21)19-13-15-6-2-3-7-17(15)20-10-4-5-11-20/h2-3,6-9,12,19,21H,4-5,10-11,13H2,1H3. The van der Waals surface area contributed by atoms with E-state index in [0.717, 1.165) is 30.9 Å². The largest absolute Gasteiger partial charge is 0.508 e. The lowest BCUT2D eigenvalue weighted by atomic mass is 10.1. The Balaban J connectivity index is 1.74. The Morgan fingerprint density at radius 2 is 1.86 bits per heavy atom. The molecule has 1 aliphatic heterocycles. The minimum atomic E-state index is 0.341. The number of hydrogen-bond acceptors (Lipinski definition) is 3. The fourth-order valence-electron chi connectivity index (χ4n) is 2.84. The number of aryl methyl sites for hydroxylation is 1. The van der Waals surface area contributed by atoms with Crippen LogP contribution in [0.3, 0.4) is 0 Å². The van der Waals surface area contributed by atoms with Crippen LogP contribution in [0.1, 0.15) is 24.0 Å². The molecule has 2 N–H and O–H groups in total. The molecule has 3 heteroatoms. The maximum atomic E-state index is 9.78. The molecule has 0 radical (unpaired) electrons. The van der Waals surface area contributed by atoms with Gasteiger partial charge >= 0.3 is 0 Å². The van der Waals surface area contributed by atoms with Gasteiger partial charge in [-0.15, -0.1) is 0 Å². The van der Waals surface area contributed by atoms with Crippen molar-refractivity contribution in [3.63, 3.8) is 0 Å².